The summed E-state index contributed by atoms with van der Waals surface area (Å²) in [5.41, 5.74) is 6.66. The highest BCUT2D eigenvalue weighted by Crippen LogP contribution is 2.40. The van der Waals surface area contributed by atoms with Crippen LogP contribution in [0, 0.1) is 28.5 Å². The molecular formula is C50H33FN4Si. The third-order valence-corrected chi connectivity index (χ3v) is 15.4. The van der Waals surface area contributed by atoms with Crippen LogP contribution in [0.15, 0.2) is 200 Å². The summed E-state index contributed by atoms with van der Waals surface area (Å²) in [6.45, 7) is 0. The molecule has 8 aromatic carbocycles. The first-order valence-corrected chi connectivity index (χ1v) is 20.4. The molecular weight excluding hydrogens is 704 g/mol. The van der Waals surface area contributed by atoms with Gasteiger partial charge in [0.25, 0.3) is 0 Å². The van der Waals surface area contributed by atoms with Crippen LogP contribution in [-0.2, 0) is 0 Å². The van der Waals surface area contributed by atoms with Gasteiger partial charge in [-0.1, -0.05) is 103 Å². The number of hydrogen-bond acceptors (Lipinski definition) is 3. The Balaban J connectivity index is 1.36. The van der Waals surface area contributed by atoms with E-state index in [2.05, 4.69) is 149 Å². The first-order chi connectivity index (χ1) is 27.6. The number of halogens is 1. The second-order valence-electron chi connectivity index (χ2n) is 13.7. The van der Waals surface area contributed by atoms with E-state index in [9.17, 15) is 14.9 Å². The first kappa shape index (κ1) is 34.3. The van der Waals surface area contributed by atoms with Crippen molar-refractivity contribution in [1.82, 2.24) is 4.57 Å². The van der Waals surface area contributed by atoms with Crippen molar-refractivity contribution in [3.05, 3.63) is 217 Å². The highest BCUT2D eigenvalue weighted by atomic mass is 28.3. The summed E-state index contributed by atoms with van der Waals surface area (Å²) in [6, 6.07) is 72.1. The second kappa shape index (κ2) is 14.4. The number of nitriles is 2. The van der Waals surface area contributed by atoms with Gasteiger partial charge in [-0.15, -0.1) is 0 Å². The molecule has 0 atom stereocenters. The summed E-state index contributed by atoms with van der Waals surface area (Å²) in [5, 5.41) is 26.4. The molecule has 1 aromatic heterocycles. The molecule has 0 saturated heterocycles. The fourth-order valence-corrected chi connectivity index (χ4v) is 12.9. The Labute approximate surface area is 325 Å². The molecule has 0 aliphatic rings. The number of fused-ring (bicyclic) bond motifs is 3. The Morgan fingerprint density at radius 2 is 0.857 bits per heavy atom. The van der Waals surface area contributed by atoms with Crippen molar-refractivity contribution in [3.8, 4) is 17.8 Å². The van der Waals surface area contributed by atoms with Crippen molar-refractivity contribution in [2.75, 3.05) is 4.90 Å². The molecule has 0 amide bonds. The van der Waals surface area contributed by atoms with E-state index in [-0.39, 0.29) is 5.82 Å². The lowest BCUT2D eigenvalue weighted by atomic mass is 10.1. The largest absolute Gasteiger partial charge is 0.310 e. The summed E-state index contributed by atoms with van der Waals surface area (Å²) >= 11 is 0. The van der Waals surface area contributed by atoms with Crippen LogP contribution >= 0.6 is 0 Å². The van der Waals surface area contributed by atoms with Crippen LogP contribution in [0.1, 0.15) is 11.1 Å². The van der Waals surface area contributed by atoms with Gasteiger partial charge in [-0.25, -0.2) is 4.39 Å². The summed E-state index contributed by atoms with van der Waals surface area (Å²) in [6.07, 6.45) is 0. The van der Waals surface area contributed by atoms with Crippen molar-refractivity contribution < 1.29 is 4.39 Å². The quantitative estimate of drug-likeness (QED) is 0.115. The van der Waals surface area contributed by atoms with E-state index >= 15 is 0 Å². The molecule has 56 heavy (non-hydrogen) atoms. The Hall–Kier alpha value is -7.51. The van der Waals surface area contributed by atoms with Gasteiger partial charge in [0.15, 0.2) is 8.07 Å². The summed E-state index contributed by atoms with van der Waals surface area (Å²) in [5.74, 6) is -0.288. The topological polar surface area (TPSA) is 55.8 Å². The minimum Gasteiger partial charge on any atom is -0.310 e. The van der Waals surface area contributed by atoms with Gasteiger partial charge in [-0.05, 0) is 118 Å². The molecule has 9 aromatic rings. The van der Waals surface area contributed by atoms with Gasteiger partial charge in [-0.2, -0.15) is 10.5 Å². The van der Waals surface area contributed by atoms with Gasteiger partial charge in [0.05, 0.1) is 34.3 Å². The molecule has 0 unspecified atom stereocenters. The molecule has 0 aliphatic carbocycles. The molecule has 0 spiro atoms. The number of nitrogens with zero attached hydrogens (tertiary/aromatic N) is 4. The van der Waals surface area contributed by atoms with E-state index in [0.29, 0.717) is 11.1 Å². The summed E-state index contributed by atoms with van der Waals surface area (Å²) in [7, 11) is -2.86. The third-order valence-electron chi connectivity index (χ3n) is 10.7. The van der Waals surface area contributed by atoms with E-state index in [4.69, 9.17) is 0 Å². The van der Waals surface area contributed by atoms with Crippen molar-refractivity contribution in [2.45, 2.75) is 0 Å². The lowest BCUT2D eigenvalue weighted by Gasteiger charge is -2.34. The zero-order valence-electron chi connectivity index (χ0n) is 30.2. The Morgan fingerprint density at radius 1 is 0.429 bits per heavy atom. The average molecular weight is 737 g/mol. The minimum absolute atomic E-state index is 0.288. The molecule has 0 N–H and O–H groups in total. The van der Waals surface area contributed by atoms with Crippen LogP contribution in [0.25, 0.3) is 27.5 Å². The van der Waals surface area contributed by atoms with Crippen molar-refractivity contribution in [1.29, 1.82) is 10.5 Å². The Morgan fingerprint density at radius 3 is 1.32 bits per heavy atom. The van der Waals surface area contributed by atoms with Gasteiger partial charge in [0, 0.05) is 33.5 Å². The monoisotopic (exact) mass is 736 g/mol. The molecule has 0 radical (unpaired) electrons. The summed E-state index contributed by atoms with van der Waals surface area (Å²) in [4.78, 5) is 2.14. The predicted molar refractivity (Wildman–Crippen MR) is 228 cm³/mol. The van der Waals surface area contributed by atoms with E-state index in [1.54, 1.807) is 0 Å². The van der Waals surface area contributed by atoms with Gasteiger partial charge in [-0.3, -0.25) is 0 Å². The molecule has 0 saturated carbocycles. The first-order valence-electron chi connectivity index (χ1n) is 18.4. The van der Waals surface area contributed by atoms with Crippen molar-refractivity contribution in [2.24, 2.45) is 0 Å². The molecule has 4 nitrogen and oxygen atoms in total. The molecule has 0 fully saturated rings. The molecule has 6 heteroatoms. The molecule has 0 bridgehead atoms. The predicted octanol–water partition coefficient (Wildman–Crippen LogP) is 9.51. The zero-order chi connectivity index (χ0) is 38.1. The van der Waals surface area contributed by atoms with E-state index in [1.807, 2.05) is 60.7 Å². The van der Waals surface area contributed by atoms with Crippen molar-refractivity contribution in [3.63, 3.8) is 0 Å². The van der Waals surface area contributed by atoms with Gasteiger partial charge in [0.1, 0.15) is 5.82 Å². The van der Waals surface area contributed by atoms with Gasteiger partial charge in [0.2, 0.25) is 0 Å². The maximum Gasteiger partial charge on any atom is 0.179 e. The van der Waals surface area contributed by atoms with Crippen LogP contribution in [-0.4, -0.2) is 12.6 Å². The van der Waals surface area contributed by atoms with Gasteiger partial charge < -0.3 is 9.47 Å². The maximum absolute atomic E-state index is 14.3. The second-order valence-corrected chi connectivity index (χ2v) is 17.6. The number of rotatable bonds is 8. The third kappa shape index (κ3) is 5.83. The lowest BCUT2D eigenvalue weighted by Crippen LogP contribution is -2.74. The van der Waals surface area contributed by atoms with Crippen LogP contribution < -0.4 is 25.6 Å². The fraction of sp³-hybridized carbons (Fsp3) is 0. The smallest absolute Gasteiger partial charge is 0.179 e. The Bertz CT molecular complexity index is 2760. The minimum atomic E-state index is -2.86. The van der Waals surface area contributed by atoms with Crippen molar-refractivity contribution >= 4 is 67.7 Å². The zero-order valence-corrected chi connectivity index (χ0v) is 31.2. The lowest BCUT2D eigenvalue weighted by molar-refractivity contribution is 0.627. The number of anilines is 3. The average Bonchev–Trinajstić information content (AvgIpc) is 3.59. The highest BCUT2D eigenvalue weighted by molar-refractivity contribution is 7.20. The number of hydrogen-bond donors (Lipinski definition) is 0. The normalized spacial score (nSPS) is 11.3. The fourth-order valence-electron chi connectivity index (χ4n) is 8.13. The summed E-state index contributed by atoms with van der Waals surface area (Å²) < 4.78 is 16.5. The molecule has 0 aliphatic heterocycles. The standard InChI is InChI=1S/C50H33FN4Si/c51-38-20-26-41(27-21-38)55-49-30-28-42(54(39-22-16-36(34-52)17-23-39)40-24-18-37(35-53)19-25-40)32-47(49)48-33-46(29-31-50(48)55)56(43-10-4-1-5-11-43,44-12-6-2-7-13-44)45-14-8-3-9-15-45/h1-33H. The highest BCUT2D eigenvalue weighted by Gasteiger charge is 2.41. The molecule has 264 valence electrons. The molecule has 9 rings (SSSR count). The Kier molecular flexibility index (Phi) is 8.80. The van der Waals surface area contributed by atoms with Crippen LogP contribution in [0.3, 0.4) is 0 Å². The number of benzene rings is 8. The van der Waals surface area contributed by atoms with Crippen LogP contribution in [0.2, 0.25) is 0 Å². The van der Waals surface area contributed by atoms with Crippen LogP contribution in [0.5, 0.6) is 0 Å². The van der Waals surface area contributed by atoms with E-state index in [0.717, 1.165) is 44.6 Å². The molecule has 1 heterocycles. The SMILES string of the molecule is N#Cc1ccc(N(c2ccc(C#N)cc2)c2ccc3c(c2)c2cc([Si](c4ccccc4)(c4ccccc4)c4ccccc4)ccc2n3-c2ccc(F)cc2)cc1. The van der Waals surface area contributed by atoms with Gasteiger partial charge >= 0.3 is 0 Å². The van der Waals surface area contributed by atoms with E-state index in [1.165, 1.54) is 32.9 Å². The number of aromatic nitrogens is 1. The van der Waals surface area contributed by atoms with E-state index < -0.39 is 8.07 Å². The van der Waals surface area contributed by atoms with Crippen LogP contribution in [0.4, 0.5) is 21.5 Å². The maximum atomic E-state index is 14.3.